The summed E-state index contributed by atoms with van der Waals surface area (Å²) in [7, 11) is 0. The summed E-state index contributed by atoms with van der Waals surface area (Å²) >= 11 is 0. The lowest BCUT2D eigenvalue weighted by molar-refractivity contribution is 0.457. The molecule has 0 spiro atoms. The van der Waals surface area contributed by atoms with Crippen molar-refractivity contribution in [1.29, 1.82) is 0 Å². The molecule has 0 aliphatic carbocycles. The van der Waals surface area contributed by atoms with Gasteiger partial charge in [0.05, 0.1) is 11.4 Å². The van der Waals surface area contributed by atoms with Crippen molar-refractivity contribution in [2.75, 3.05) is 0 Å². The van der Waals surface area contributed by atoms with Gasteiger partial charge in [-0.3, -0.25) is 0 Å². The summed E-state index contributed by atoms with van der Waals surface area (Å²) in [5.74, 6) is 0.576. The second-order valence-electron chi connectivity index (χ2n) is 4.94. The van der Waals surface area contributed by atoms with Gasteiger partial charge in [-0.25, -0.2) is 4.68 Å². The molecule has 1 aromatic carbocycles. The van der Waals surface area contributed by atoms with Crippen molar-refractivity contribution >= 4 is 0 Å². The number of rotatable bonds is 3. The van der Waals surface area contributed by atoms with Crippen LogP contribution in [0.5, 0.6) is 5.75 Å². The smallest absolute Gasteiger partial charge is 0.160 e. The Morgan fingerprint density at radius 1 is 1.22 bits per heavy atom. The third-order valence-electron chi connectivity index (χ3n) is 3.13. The lowest BCUT2D eigenvalue weighted by Crippen LogP contribution is -2.03. The van der Waals surface area contributed by atoms with E-state index in [1.54, 1.807) is 0 Å². The molecule has 0 saturated heterocycles. The molecular weight excluding hydrogens is 224 g/mol. The number of hydrogen-bond acceptors (Lipinski definition) is 2. The molecule has 18 heavy (non-hydrogen) atoms. The Morgan fingerprint density at radius 3 is 2.33 bits per heavy atom. The normalized spacial score (nSPS) is 11.2. The molecule has 1 N–H and O–H groups in total. The molecule has 0 atom stereocenters. The van der Waals surface area contributed by atoms with Crippen molar-refractivity contribution in [3.63, 3.8) is 0 Å². The molecule has 1 aromatic heterocycles. The first-order chi connectivity index (χ1) is 8.54. The molecule has 96 valence electrons. The number of aromatic hydroxyl groups is 1. The average Bonchev–Trinajstić information content (AvgIpc) is 2.67. The van der Waals surface area contributed by atoms with Crippen LogP contribution in [-0.4, -0.2) is 14.9 Å². The first-order valence-electron chi connectivity index (χ1n) is 6.42. The second kappa shape index (κ2) is 4.84. The van der Waals surface area contributed by atoms with Crippen LogP contribution >= 0.6 is 0 Å². The van der Waals surface area contributed by atoms with E-state index in [-0.39, 0.29) is 5.92 Å². The molecule has 3 nitrogen and oxygen atoms in total. The first-order valence-corrected chi connectivity index (χ1v) is 6.42. The summed E-state index contributed by atoms with van der Waals surface area (Å²) in [5, 5.41) is 14.7. The second-order valence-corrected chi connectivity index (χ2v) is 4.94. The molecule has 1 heterocycles. The molecule has 0 bridgehead atoms. The minimum Gasteiger partial charge on any atom is -0.504 e. The maximum absolute atomic E-state index is 10.2. The Hall–Kier alpha value is -1.77. The van der Waals surface area contributed by atoms with Gasteiger partial charge in [-0.15, -0.1) is 0 Å². The summed E-state index contributed by atoms with van der Waals surface area (Å²) in [4.78, 5) is 0. The summed E-state index contributed by atoms with van der Waals surface area (Å²) in [6, 6.07) is 8.19. The van der Waals surface area contributed by atoms with Crippen molar-refractivity contribution in [2.24, 2.45) is 0 Å². The topological polar surface area (TPSA) is 38.0 Å². The van der Waals surface area contributed by atoms with Crippen molar-refractivity contribution in [2.45, 2.75) is 40.0 Å². The minimum atomic E-state index is 0.235. The highest BCUT2D eigenvalue weighted by molar-refractivity contribution is 5.43. The molecule has 0 aliphatic rings. The number of hydrogen-bond donors (Lipinski definition) is 1. The highest BCUT2D eigenvalue weighted by Crippen LogP contribution is 2.31. The van der Waals surface area contributed by atoms with Crippen LogP contribution in [0.4, 0.5) is 0 Å². The zero-order valence-corrected chi connectivity index (χ0v) is 11.4. The molecule has 0 aliphatic heterocycles. The summed E-state index contributed by atoms with van der Waals surface area (Å²) in [5.41, 5.74) is 3.87. The zero-order chi connectivity index (χ0) is 13.3. The quantitative estimate of drug-likeness (QED) is 0.896. The molecule has 2 rings (SSSR count). The first kappa shape index (κ1) is 12.7. The van der Waals surface area contributed by atoms with E-state index in [0.29, 0.717) is 5.75 Å². The molecule has 3 heteroatoms. The van der Waals surface area contributed by atoms with E-state index >= 15 is 0 Å². The predicted molar refractivity (Wildman–Crippen MR) is 73.4 cm³/mol. The Balaban J connectivity index is 2.59. The standard InChI is InChI=1S/C15H20N2O/c1-5-13-15(18)14(10(2)3)17(16-13)12-8-6-11(4)7-9-12/h6-10,18H,5H2,1-4H3. The molecular formula is C15H20N2O. The van der Waals surface area contributed by atoms with Crippen LogP contribution in [0.2, 0.25) is 0 Å². The maximum Gasteiger partial charge on any atom is 0.160 e. The van der Waals surface area contributed by atoms with E-state index in [1.807, 2.05) is 23.7 Å². The van der Waals surface area contributed by atoms with E-state index in [9.17, 15) is 5.11 Å². The van der Waals surface area contributed by atoms with Gasteiger partial charge in [0.2, 0.25) is 0 Å². The van der Waals surface area contributed by atoms with Crippen molar-refractivity contribution in [3.05, 3.63) is 41.2 Å². The van der Waals surface area contributed by atoms with Crippen LogP contribution in [0.1, 0.15) is 43.6 Å². The van der Waals surface area contributed by atoms with Gasteiger partial charge in [0.25, 0.3) is 0 Å². The fraction of sp³-hybridized carbons (Fsp3) is 0.400. The van der Waals surface area contributed by atoms with Crippen LogP contribution in [0.15, 0.2) is 24.3 Å². The van der Waals surface area contributed by atoms with Crippen molar-refractivity contribution < 1.29 is 5.11 Å². The Labute approximate surface area is 108 Å². The highest BCUT2D eigenvalue weighted by Gasteiger charge is 2.19. The maximum atomic E-state index is 10.2. The lowest BCUT2D eigenvalue weighted by Gasteiger charge is -2.10. The third kappa shape index (κ3) is 2.13. The number of nitrogens with zero attached hydrogens (tertiary/aromatic N) is 2. The fourth-order valence-corrected chi connectivity index (χ4v) is 2.11. The van der Waals surface area contributed by atoms with E-state index < -0.39 is 0 Å². The molecule has 0 fully saturated rings. The van der Waals surface area contributed by atoms with Gasteiger partial charge >= 0.3 is 0 Å². The summed E-state index contributed by atoms with van der Waals surface area (Å²) in [6.07, 6.45) is 0.740. The van der Waals surface area contributed by atoms with Crippen molar-refractivity contribution in [1.82, 2.24) is 9.78 Å². The van der Waals surface area contributed by atoms with Gasteiger partial charge in [-0.1, -0.05) is 38.5 Å². The monoisotopic (exact) mass is 244 g/mol. The largest absolute Gasteiger partial charge is 0.504 e. The van der Waals surface area contributed by atoms with Gasteiger partial charge in [0.1, 0.15) is 5.69 Å². The van der Waals surface area contributed by atoms with Gasteiger partial charge in [0.15, 0.2) is 5.75 Å². The van der Waals surface area contributed by atoms with Gasteiger partial charge < -0.3 is 5.11 Å². The molecule has 0 radical (unpaired) electrons. The fourth-order valence-electron chi connectivity index (χ4n) is 2.11. The number of aromatic nitrogens is 2. The highest BCUT2D eigenvalue weighted by atomic mass is 16.3. The van der Waals surface area contributed by atoms with Crippen LogP contribution in [0.25, 0.3) is 5.69 Å². The van der Waals surface area contributed by atoms with Crippen molar-refractivity contribution in [3.8, 4) is 11.4 Å². The summed E-state index contributed by atoms with van der Waals surface area (Å²) in [6.45, 7) is 8.21. The average molecular weight is 244 g/mol. The van der Waals surface area contributed by atoms with E-state index in [2.05, 4.69) is 38.0 Å². The SMILES string of the molecule is CCc1nn(-c2ccc(C)cc2)c(C(C)C)c1O. The van der Waals surface area contributed by atoms with Crippen LogP contribution < -0.4 is 0 Å². The van der Waals surface area contributed by atoms with Crippen LogP contribution in [0, 0.1) is 6.92 Å². The van der Waals surface area contributed by atoms with Gasteiger partial charge in [-0.05, 0) is 31.4 Å². The number of benzene rings is 1. The molecule has 2 aromatic rings. The van der Waals surface area contributed by atoms with E-state index in [4.69, 9.17) is 0 Å². The predicted octanol–water partition coefficient (Wildman–Crippen LogP) is 3.57. The Bertz CT molecular complexity index is 538. The minimum absolute atomic E-state index is 0.235. The van der Waals surface area contributed by atoms with Crippen LogP contribution in [-0.2, 0) is 6.42 Å². The Kier molecular flexibility index (Phi) is 3.41. The Morgan fingerprint density at radius 2 is 1.83 bits per heavy atom. The summed E-state index contributed by atoms with van der Waals surface area (Å²) < 4.78 is 1.86. The molecule has 0 amide bonds. The molecule has 0 saturated carbocycles. The third-order valence-corrected chi connectivity index (χ3v) is 3.13. The van der Waals surface area contributed by atoms with E-state index in [1.165, 1.54) is 5.56 Å². The zero-order valence-electron chi connectivity index (χ0n) is 11.4. The van der Waals surface area contributed by atoms with Crippen LogP contribution in [0.3, 0.4) is 0 Å². The van der Waals surface area contributed by atoms with Gasteiger partial charge in [-0.2, -0.15) is 5.10 Å². The van der Waals surface area contributed by atoms with E-state index in [0.717, 1.165) is 23.5 Å². The number of aryl methyl sites for hydroxylation is 2. The van der Waals surface area contributed by atoms with Gasteiger partial charge in [0, 0.05) is 0 Å². The molecule has 0 unspecified atom stereocenters. The lowest BCUT2D eigenvalue weighted by atomic mass is 10.1.